The molecule has 1 aromatic carbocycles. The summed E-state index contributed by atoms with van der Waals surface area (Å²) in [7, 11) is 3.47. The van der Waals surface area contributed by atoms with Crippen LogP contribution in [0.5, 0.6) is 0 Å². The lowest BCUT2D eigenvalue weighted by Gasteiger charge is -2.22. The molecule has 0 radical (unpaired) electrons. The van der Waals surface area contributed by atoms with E-state index >= 15 is 0 Å². The van der Waals surface area contributed by atoms with Crippen molar-refractivity contribution in [2.75, 3.05) is 27.2 Å². The fourth-order valence-electron chi connectivity index (χ4n) is 1.62. The molecule has 0 saturated carbocycles. The number of aromatic carboxylic acids is 1. The summed E-state index contributed by atoms with van der Waals surface area (Å²) in [4.78, 5) is 26.0. The van der Waals surface area contributed by atoms with Gasteiger partial charge in [-0.2, -0.15) is 0 Å². The Kier molecular flexibility index (Phi) is 5.51. The van der Waals surface area contributed by atoms with Gasteiger partial charge in [-0.25, -0.2) is 4.79 Å². The molecule has 1 N–H and O–H groups in total. The van der Waals surface area contributed by atoms with Gasteiger partial charge in [0.2, 0.25) is 5.91 Å². The Labute approximate surface area is 113 Å². The average molecular weight is 264 g/mol. The highest BCUT2D eigenvalue weighted by Gasteiger charge is 2.11. The molecule has 0 atom stereocenters. The summed E-state index contributed by atoms with van der Waals surface area (Å²) in [5.74, 6) is -0.870. The second kappa shape index (κ2) is 6.89. The van der Waals surface area contributed by atoms with Gasteiger partial charge >= 0.3 is 5.97 Å². The Morgan fingerprint density at radius 1 is 1.16 bits per heavy atom. The van der Waals surface area contributed by atoms with Gasteiger partial charge in [0.15, 0.2) is 0 Å². The number of rotatable bonds is 6. The molecule has 5 nitrogen and oxygen atoms in total. The minimum absolute atomic E-state index is 0.0593. The Balaban J connectivity index is 2.65. The van der Waals surface area contributed by atoms with Crippen LogP contribution in [0.25, 0.3) is 0 Å². The van der Waals surface area contributed by atoms with Crippen LogP contribution < -0.4 is 0 Å². The molecule has 0 aliphatic rings. The highest BCUT2D eigenvalue weighted by Crippen LogP contribution is 2.08. The van der Waals surface area contributed by atoms with Gasteiger partial charge in [-0.05, 0) is 24.2 Å². The molecule has 0 saturated heterocycles. The van der Waals surface area contributed by atoms with E-state index in [9.17, 15) is 9.59 Å². The lowest BCUT2D eigenvalue weighted by Crippen LogP contribution is -2.36. The first kappa shape index (κ1) is 15.2. The molecule has 1 aromatic rings. The summed E-state index contributed by atoms with van der Waals surface area (Å²) in [5.41, 5.74) is 1.27. The molecule has 5 heteroatoms. The number of hydrogen-bond donors (Lipinski definition) is 1. The lowest BCUT2D eigenvalue weighted by molar-refractivity contribution is -0.130. The molecule has 0 heterocycles. The van der Waals surface area contributed by atoms with Crippen LogP contribution in [0.1, 0.15) is 22.8 Å². The van der Waals surface area contributed by atoms with Crippen molar-refractivity contribution in [3.05, 3.63) is 35.4 Å². The first-order valence-electron chi connectivity index (χ1n) is 6.18. The summed E-state index contributed by atoms with van der Waals surface area (Å²) in [6.45, 7) is 3.76. The van der Waals surface area contributed by atoms with E-state index in [0.29, 0.717) is 13.1 Å². The van der Waals surface area contributed by atoms with Crippen molar-refractivity contribution in [2.45, 2.75) is 13.5 Å². The topological polar surface area (TPSA) is 60.9 Å². The third-order valence-corrected chi connectivity index (χ3v) is 2.91. The van der Waals surface area contributed by atoms with Gasteiger partial charge in [0.25, 0.3) is 0 Å². The van der Waals surface area contributed by atoms with E-state index in [0.717, 1.165) is 12.1 Å². The van der Waals surface area contributed by atoms with E-state index in [1.165, 1.54) is 0 Å². The van der Waals surface area contributed by atoms with Crippen LogP contribution in [-0.4, -0.2) is 54.0 Å². The van der Waals surface area contributed by atoms with Crippen molar-refractivity contribution in [3.63, 3.8) is 0 Å². The van der Waals surface area contributed by atoms with Crippen LogP contribution in [-0.2, 0) is 11.3 Å². The first-order valence-corrected chi connectivity index (χ1v) is 6.18. The van der Waals surface area contributed by atoms with Crippen molar-refractivity contribution >= 4 is 11.9 Å². The summed E-state index contributed by atoms with van der Waals surface area (Å²) < 4.78 is 0. The highest BCUT2D eigenvalue weighted by atomic mass is 16.4. The second-order valence-corrected chi connectivity index (χ2v) is 4.59. The molecule has 104 valence electrons. The number of nitrogens with zero attached hydrogens (tertiary/aromatic N) is 2. The fraction of sp³-hybridized carbons (Fsp3) is 0.429. The van der Waals surface area contributed by atoms with E-state index in [1.807, 2.05) is 11.8 Å². The molecule has 0 spiro atoms. The summed E-state index contributed by atoms with van der Waals surface area (Å²) in [6.07, 6.45) is 0. The largest absolute Gasteiger partial charge is 0.478 e. The van der Waals surface area contributed by atoms with Crippen molar-refractivity contribution in [1.29, 1.82) is 0 Å². The average Bonchev–Trinajstić information content (AvgIpc) is 2.38. The normalized spacial score (nSPS) is 10.5. The number of carbonyl (C=O) groups is 2. The summed E-state index contributed by atoms with van der Waals surface area (Å²) in [5, 5.41) is 8.82. The predicted octanol–water partition coefficient (Wildman–Crippen LogP) is 1.29. The minimum Gasteiger partial charge on any atom is -0.478 e. The van der Waals surface area contributed by atoms with Crippen molar-refractivity contribution in [3.8, 4) is 0 Å². The zero-order valence-corrected chi connectivity index (χ0v) is 11.6. The van der Waals surface area contributed by atoms with Crippen LogP contribution >= 0.6 is 0 Å². The van der Waals surface area contributed by atoms with Crippen molar-refractivity contribution in [2.24, 2.45) is 0 Å². The van der Waals surface area contributed by atoms with Crippen molar-refractivity contribution < 1.29 is 14.7 Å². The number of carboxylic acids is 1. The van der Waals surface area contributed by atoms with Gasteiger partial charge in [-0.3, -0.25) is 9.69 Å². The maximum absolute atomic E-state index is 11.7. The van der Waals surface area contributed by atoms with E-state index in [-0.39, 0.29) is 11.5 Å². The van der Waals surface area contributed by atoms with E-state index in [4.69, 9.17) is 5.11 Å². The predicted molar refractivity (Wildman–Crippen MR) is 73.0 cm³/mol. The van der Waals surface area contributed by atoms with Gasteiger partial charge in [-0.15, -0.1) is 0 Å². The molecule has 19 heavy (non-hydrogen) atoms. The van der Waals surface area contributed by atoms with E-state index in [2.05, 4.69) is 0 Å². The van der Waals surface area contributed by atoms with Crippen LogP contribution in [0.2, 0.25) is 0 Å². The van der Waals surface area contributed by atoms with Gasteiger partial charge < -0.3 is 10.0 Å². The van der Waals surface area contributed by atoms with Crippen LogP contribution in [0.4, 0.5) is 0 Å². The smallest absolute Gasteiger partial charge is 0.335 e. The SMILES string of the molecule is CCN(CC(=O)N(C)C)Cc1ccc(C(=O)O)cc1. The lowest BCUT2D eigenvalue weighted by atomic mass is 10.1. The third-order valence-electron chi connectivity index (χ3n) is 2.91. The monoisotopic (exact) mass is 264 g/mol. The van der Waals surface area contributed by atoms with Crippen LogP contribution in [0.3, 0.4) is 0 Å². The fourth-order valence-corrected chi connectivity index (χ4v) is 1.62. The molecule has 0 fully saturated rings. The number of carbonyl (C=O) groups excluding carboxylic acids is 1. The molecule has 0 bridgehead atoms. The Morgan fingerprint density at radius 3 is 2.16 bits per heavy atom. The van der Waals surface area contributed by atoms with Gasteiger partial charge in [-0.1, -0.05) is 19.1 Å². The van der Waals surface area contributed by atoms with Crippen molar-refractivity contribution in [1.82, 2.24) is 9.80 Å². The van der Waals surface area contributed by atoms with Gasteiger partial charge in [0.05, 0.1) is 12.1 Å². The van der Waals surface area contributed by atoms with Crippen LogP contribution in [0.15, 0.2) is 24.3 Å². The molecular weight excluding hydrogens is 244 g/mol. The maximum Gasteiger partial charge on any atom is 0.335 e. The van der Waals surface area contributed by atoms with E-state index < -0.39 is 5.97 Å². The Hall–Kier alpha value is -1.88. The third kappa shape index (κ3) is 4.71. The molecule has 0 aliphatic heterocycles. The van der Waals surface area contributed by atoms with Gasteiger partial charge in [0, 0.05) is 20.6 Å². The Morgan fingerprint density at radius 2 is 1.74 bits per heavy atom. The summed E-state index contributed by atoms with van der Waals surface area (Å²) >= 11 is 0. The molecule has 1 rings (SSSR count). The first-order chi connectivity index (χ1) is 8.93. The zero-order chi connectivity index (χ0) is 14.4. The minimum atomic E-state index is -0.929. The number of carboxylic acid groups (broad SMARTS) is 1. The molecule has 0 aromatic heterocycles. The number of hydrogen-bond acceptors (Lipinski definition) is 3. The van der Waals surface area contributed by atoms with Gasteiger partial charge in [0.1, 0.15) is 0 Å². The molecular formula is C14H20N2O3. The number of benzene rings is 1. The number of amides is 1. The second-order valence-electron chi connectivity index (χ2n) is 4.59. The molecule has 0 unspecified atom stereocenters. The maximum atomic E-state index is 11.7. The zero-order valence-electron chi connectivity index (χ0n) is 11.6. The molecule has 1 amide bonds. The highest BCUT2D eigenvalue weighted by molar-refractivity contribution is 5.87. The number of likely N-dealkylation sites (N-methyl/N-ethyl adjacent to an activating group) is 2. The van der Waals surface area contributed by atoms with Crippen LogP contribution in [0, 0.1) is 0 Å². The van der Waals surface area contributed by atoms with E-state index in [1.54, 1.807) is 43.3 Å². The molecule has 0 aliphatic carbocycles. The summed E-state index contributed by atoms with van der Waals surface area (Å²) in [6, 6.07) is 6.73. The standard InChI is InChI=1S/C14H20N2O3/c1-4-16(10-13(17)15(2)3)9-11-5-7-12(8-6-11)14(18)19/h5-8H,4,9-10H2,1-3H3,(H,18,19). The Bertz CT molecular complexity index is 441. The quantitative estimate of drug-likeness (QED) is 0.841.